The maximum absolute atomic E-state index is 12.0. The second-order valence-corrected chi connectivity index (χ2v) is 6.33. The van der Waals surface area contributed by atoms with Crippen LogP contribution in [0.1, 0.15) is 57.2 Å². The molecule has 3 N–H and O–H groups in total. The van der Waals surface area contributed by atoms with E-state index >= 15 is 0 Å². The van der Waals surface area contributed by atoms with E-state index in [1.54, 1.807) is 19.9 Å². The number of carboxylic acids is 1. The van der Waals surface area contributed by atoms with E-state index < -0.39 is 11.5 Å². The van der Waals surface area contributed by atoms with Crippen LogP contribution in [0.5, 0.6) is 0 Å². The molecule has 19 heavy (non-hydrogen) atoms. The number of aliphatic carboxylic acids is 1. The first-order valence-corrected chi connectivity index (χ1v) is 6.11. The van der Waals surface area contributed by atoms with Crippen molar-refractivity contribution < 1.29 is 14.7 Å². The molecule has 1 rings (SSSR count). The van der Waals surface area contributed by atoms with Gasteiger partial charge in [0.05, 0.1) is 6.42 Å². The van der Waals surface area contributed by atoms with Gasteiger partial charge in [0.1, 0.15) is 5.69 Å². The standard InChI is InChI=1S/C13H21N3O3/c1-12(2,3)9-6-8(15-16-9)11(19)14-13(4,5)7-10(17)18/h6H,7H2,1-5H3,(H,14,19)(H,15,16)(H,17,18). The highest BCUT2D eigenvalue weighted by Crippen LogP contribution is 2.20. The van der Waals surface area contributed by atoms with Gasteiger partial charge in [-0.2, -0.15) is 5.10 Å². The summed E-state index contributed by atoms with van der Waals surface area (Å²) in [6.45, 7) is 9.36. The number of aromatic nitrogens is 2. The highest BCUT2D eigenvalue weighted by atomic mass is 16.4. The van der Waals surface area contributed by atoms with Crippen molar-refractivity contribution in [3.05, 3.63) is 17.5 Å². The van der Waals surface area contributed by atoms with Crippen molar-refractivity contribution in [1.82, 2.24) is 15.5 Å². The van der Waals surface area contributed by atoms with Gasteiger partial charge < -0.3 is 10.4 Å². The lowest BCUT2D eigenvalue weighted by Crippen LogP contribution is -2.45. The minimum atomic E-state index is -0.956. The van der Waals surface area contributed by atoms with E-state index in [2.05, 4.69) is 15.5 Å². The van der Waals surface area contributed by atoms with Gasteiger partial charge in [-0.1, -0.05) is 20.8 Å². The van der Waals surface area contributed by atoms with Crippen molar-refractivity contribution in [1.29, 1.82) is 0 Å². The Balaban J connectivity index is 2.79. The minimum absolute atomic E-state index is 0.123. The largest absolute Gasteiger partial charge is 0.481 e. The zero-order valence-electron chi connectivity index (χ0n) is 12.0. The van der Waals surface area contributed by atoms with Gasteiger partial charge in [-0.25, -0.2) is 0 Å². The van der Waals surface area contributed by atoms with Crippen LogP contribution in [0.4, 0.5) is 0 Å². The van der Waals surface area contributed by atoms with Crippen molar-refractivity contribution in [2.75, 3.05) is 0 Å². The van der Waals surface area contributed by atoms with Gasteiger partial charge in [-0.3, -0.25) is 14.7 Å². The summed E-state index contributed by atoms with van der Waals surface area (Å²) < 4.78 is 0. The Kier molecular flexibility index (Phi) is 4.03. The Morgan fingerprint density at radius 1 is 1.32 bits per heavy atom. The van der Waals surface area contributed by atoms with E-state index in [-0.39, 0.29) is 23.4 Å². The molecule has 0 aliphatic carbocycles. The Morgan fingerprint density at radius 3 is 2.32 bits per heavy atom. The molecule has 0 aliphatic rings. The number of hydrogen-bond donors (Lipinski definition) is 3. The second kappa shape index (κ2) is 5.03. The van der Waals surface area contributed by atoms with Crippen LogP contribution in [0.3, 0.4) is 0 Å². The number of nitrogens with one attached hydrogen (secondary N) is 2. The minimum Gasteiger partial charge on any atom is -0.481 e. The molecule has 1 aromatic rings. The van der Waals surface area contributed by atoms with Crippen LogP contribution >= 0.6 is 0 Å². The molecule has 106 valence electrons. The summed E-state index contributed by atoms with van der Waals surface area (Å²) in [6.07, 6.45) is -0.144. The number of hydrogen-bond acceptors (Lipinski definition) is 3. The Bertz CT molecular complexity index is 484. The van der Waals surface area contributed by atoms with E-state index in [0.29, 0.717) is 0 Å². The van der Waals surface area contributed by atoms with Crippen LogP contribution in [0.15, 0.2) is 6.07 Å². The summed E-state index contributed by atoms with van der Waals surface area (Å²) in [6, 6.07) is 1.69. The van der Waals surface area contributed by atoms with Gasteiger partial charge >= 0.3 is 5.97 Å². The maximum atomic E-state index is 12.0. The van der Waals surface area contributed by atoms with Gasteiger partial charge in [0.25, 0.3) is 5.91 Å². The van der Waals surface area contributed by atoms with Crippen LogP contribution in [0, 0.1) is 0 Å². The fraction of sp³-hybridized carbons (Fsp3) is 0.615. The zero-order chi connectivity index (χ0) is 14.8. The summed E-state index contributed by atoms with van der Waals surface area (Å²) in [5.74, 6) is -1.33. The van der Waals surface area contributed by atoms with Crippen molar-refractivity contribution in [3.8, 4) is 0 Å². The molecule has 0 aromatic carbocycles. The van der Waals surface area contributed by atoms with E-state index in [9.17, 15) is 9.59 Å². The van der Waals surface area contributed by atoms with Gasteiger partial charge in [0.15, 0.2) is 0 Å². The molecule has 0 radical (unpaired) electrons. The predicted molar refractivity (Wildman–Crippen MR) is 71.1 cm³/mol. The zero-order valence-corrected chi connectivity index (χ0v) is 12.0. The van der Waals surface area contributed by atoms with Gasteiger partial charge in [-0.05, 0) is 19.9 Å². The average molecular weight is 267 g/mol. The first kappa shape index (κ1) is 15.2. The summed E-state index contributed by atoms with van der Waals surface area (Å²) >= 11 is 0. The molecule has 1 amide bonds. The lowest BCUT2D eigenvalue weighted by molar-refractivity contribution is -0.138. The Labute approximate surface area is 112 Å². The number of aromatic amines is 1. The number of amides is 1. The second-order valence-electron chi connectivity index (χ2n) is 6.33. The molecule has 6 heteroatoms. The first-order chi connectivity index (χ1) is 8.51. The van der Waals surface area contributed by atoms with Crippen molar-refractivity contribution in [2.45, 2.75) is 52.0 Å². The summed E-state index contributed by atoms with van der Waals surface area (Å²) in [7, 11) is 0. The smallest absolute Gasteiger partial charge is 0.305 e. The summed E-state index contributed by atoms with van der Waals surface area (Å²) in [5.41, 5.74) is 0.184. The molecule has 0 saturated heterocycles. The number of rotatable bonds is 4. The number of H-pyrrole nitrogens is 1. The monoisotopic (exact) mass is 267 g/mol. The van der Waals surface area contributed by atoms with Crippen LogP contribution < -0.4 is 5.32 Å². The summed E-state index contributed by atoms with van der Waals surface area (Å²) in [5, 5.41) is 18.2. The third-order valence-corrected chi connectivity index (χ3v) is 2.66. The Morgan fingerprint density at radius 2 is 1.89 bits per heavy atom. The number of nitrogens with zero attached hydrogens (tertiary/aromatic N) is 1. The molecule has 0 atom stereocenters. The van der Waals surface area contributed by atoms with Crippen LogP contribution in [-0.4, -0.2) is 32.7 Å². The summed E-state index contributed by atoms with van der Waals surface area (Å²) in [4.78, 5) is 22.7. The molecule has 1 aromatic heterocycles. The SMILES string of the molecule is CC(C)(CC(=O)O)NC(=O)c1cc(C(C)(C)C)[nH]n1. The quantitative estimate of drug-likeness (QED) is 0.773. The number of carbonyl (C=O) groups is 2. The van der Waals surface area contributed by atoms with E-state index in [0.717, 1.165) is 5.69 Å². The molecule has 0 spiro atoms. The molecule has 0 fully saturated rings. The average Bonchev–Trinajstić information content (AvgIpc) is 2.61. The molecule has 0 bridgehead atoms. The third kappa shape index (κ3) is 4.39. The van der Waals surface area contributed by atoms with Crippen LogP contribution in [0.2, 0.25) is 0 Å². The Hall–Kier alpha value is -1.85. The first-order valence-electron chi connectivity index (χ1n) is 6.11. The number of carboxylic acid groups (broad SMARTS) is 1. The van der Waals surface area contributed by atoms with Gasteiger partial charge in [-0.15, -0.1) is 0 Å². The molecular weight excluding hydrogens is 246 g/mol. The molecule has 0 saturated carbocycles. The van der Waals surface area contributed by atoms with E-state index in [1.807, 2.05) is 20.8 Å². The molecule has 0 aliphatic heterocycles. The van der Waals surface area contributed by atoms with Crippen LogP contribution in [-0.2, 0) is 10.2 Å². The predicted octanol–water partition coefficient (Wildman–Crippen LogP) is 1.69. The van der Waals surface area contributed by atoms with Crippen molar-refractivity contribution in [2.24, 2.45) is 0 Å². The fourth-order valence-electron chi connectivity index (χ4n) is 1.62. The highest BCUT2D eigenvalue weighted by molar-refractivity contribution is 5.93. The maximum Gasteiger partial charge on any atom is 0.305 e. The van der Waals surface area contributed by atoms with Gasteiger partial charge in [0, 0.05) is 16.6 Å². The lowest BCUT2D eigenvalue weighted by atomic mass is 9.92. The number of carbonyl (C=O) groups excluding carboxylic acids is 1. The van der Waals surface area contributed by atoms with Gasteiger partial charge in [0.2, 0.25) is 0 Å². The van der Waals surface area contributed by atoms with E-state index in [1.165, 1.54) is 0 Å². The van der Waals surface area contributed by atoms with Crippen molar-refractivity contribution in [3.63, 3.8) is 0 Å². The van der Waals surface area contributed by atoms with Crippen molar-refractivity contribution >= 4 is 11.9 Å². The molecule has 0 unspecified atom stereocenters. The highest BCUT2D eigenvalue weighted by Gasteiger charge is 2.26. The van der Waals surface area contributed by atoms with Crippen LogP contribution in [0.25, 0.3) is 0 Å². The molecule has 6 nitrogen and oxygen atoms in total. The van der Waals surface area contributed by atoms with E-state index in [4.69, 9.17) is 5.11 Å². The topological polar surface area (TPSA) is 95.1 Å². The fourth-order valence-corrected chi connectivity index (χ4v) is 1.62. The lowest BCUT2D eigenvalue weighted by Gasteiger charge is -2.23. The normalized spacial score (nSPS) is 12.3. The molecular formula is C13H21N3O3. The molecule has 1 heterocycles. The third-order valence-electron chi connectivity index (χ3n) is 2.66.